The number of para-hydroxylation sites is 1. The van der Waals surface area contributed by atoms with Crippen molar-refractivity contribution in [3.8, 4) is 0 Å². The molecule has 1 saturated heterocycles. The number of rotatable bonds is 1. The molecular formula is C23H37N3O. The number of carbonyl (C=O) groups excluding carboxylic acids is 1. The van der Waals surface area contributed by atoms with Gasteiger partial charge in [-0.05, 0) is 37.4 Å². The van der Waals surface area contributed by atoms with Crippen molar-refractivity contribution in [3.05, 3.63) is 35.5 Å². The minimum Gasteiger partial charge on any atom is -0.347 e. The monoisotopic (exact) mass is 371 g/mol. The van der Waals surface area contributed by atoms with Crippen LogP contribution in [-0.4, -0.2) is 46.5 Å². The first-order valence-electron chi connectivity index (χ1n) is 10.6. The van der Waals surface area contributed by atoms with Crippen LogP contribution in [0.4, 0.5) is 0 Å². The number of aryl methyl sites for hydroxylation is 1. The molecule has 1 fully saturated rings. The summed E-state index contributed by atoms with van der Waals surface area (Å²) in [4.78, 5) is 15.2. The maximum Gasteiger partial charge on any atom is 0.219 e. The molecule has 1 aromatic carbocycles. The summed E-state index contributed by atoms with van der Waals surface area (Å²) in [6, 6.07) is 8.76. The number of fused-ring (bicyclic) bond motifs is 3. The van der Waals surface area contributed by atoms with Crippen LogP contribution >= 0.6 is 0 Å². The molecule has 1 aromatic heterocycles. The molecule has 2 aliphatic rings. The molecule has 27 heavy (non-hydrogen) atoms. The minimum atomic E-state index is 0.231. The highest BCUT2D eigenvalue weighted by Crippen LogP contribution is 2.29. The zero-order chi connectivity index (χ0) is 19.8. The van der Waals surface area contributed by atoms with Gasteiger partial charge in [0.15, 0.2) is 0 Å². The van der Waals surface area contributed by atoms with E-state index in [1.54, 1.807) is 12.5 Å². The van der Waals surface area contributed by atoms with Crippen molar-refractivity contribution in [2.75, 3.05) is 26.2 Å². The lowest BCUT2D eigenvalue weighted by Gasteiger charge is -2.26. The smallest absolute Gasteiger partial charge is 0.219 e. The molecule has 0 saturated carbocycles. The molecule has 4 rings (SSSR count). The Balaban J connectivity index is 0.000000203. The Morgan fingerprint density at radius 1 is 1.04 bits per heavy atom. The second-order valence-electron chi connectivity index (χ2n) is 7.19. The van der Waals surface area contributed by atoms with Crippen molar-refractivity contribution in [3.63, 3.8) is 0 Å². The number of nitrogens with zero attached hydrogens (tertiary/aromatic N) is 3. The zero-order valence-corrected chi connectivity index (χ0v) is 17.9. The van der Waals surface area contributed by atoms with Crippen molar-refractivity contribution < 1.29 is 4.79 Å². The second-order valence-corrected chi connectivity index (χ2v) is 7.19. The van der Waals surface area contributed by atoms with Crippen molar-refractivity contribution in [1.82, 2.24) is 14.4 Å². The normalized spacial score (nSPS) is 16.7. The Hall–Kier alpha value is -1.81. The molecule has 2 aliphatic heterocycles. The summed E-state index contributed by atoms with van der Waals surface area (Å²) in [7, 11) is 2.20. The average molecular weight is 372 g/mol. The quantitative estimate of drug-likeness (QED) is 0.733. The summed E-state index contributed by atoms with van der Waals surface area (Å²) in [6.07, 6.45) is 4.87. The van der Waals surface area contributed by atoms with E-state index < -0.39 is 0 Å². The summed E-state index contributed by atoms with van der Waals surface area (Å²) in [5.41, 5.74) is 4.46. The Bertz CT molecular complexity index is 729. The van der Waals surface area contributed by atoms with Crippen molar-refractivity contribution >= 4 is 16.8 Å². The van der Waals surface area contributed by atoms with Crippen LogP contribution in [-0.2, 0) is 24.8 Å². The van der Waals surface area contributed by atoms with E-state index in [2.05, 4.69) is 47.7 Å². The standard InChI is InChI=1S/C14H18N2.C7H13NO.C2H6/c1-3-16-9-8-14-12(10-16)11-6-4-5-7-13(11)15(14)2;1-7(9)8-5-3-2-4-6-8;1-2/h4-7H,3,8-10H2,1-2H3;2-6H2,1H3;1-2H3. The highest BCUT2D eigenvalue weighted by molar-refractivity contribution is 5.85. The topological polar surface area (TPSA) is 28.5 Å². The number of amides is 1. The third-order valence-electron chi connectivity index (χ3n) is 5.64. The predicted molar refractivity (Wildman–Crippen MR) is 115 cm³/mol. The molecule has 0 bridgehead atoms. The van der Waals surface area contributed by atoms with Gasteiger partial charge in [-0.25, -0.2) is 0 Å². The van der Waals surface area contributed by atoms with Crippen LogP contribution < -0.4 is 0 Å². The van der Waals surface area contributed by atoms with E-state index in [-0.39, 0.29) is 5.91 Å². The van der Waals surface area contributed by atoms with Crippen LogP contribution in [0, 0.1) is 0 Å². The number of hydrogen-bond donors (Lipinski definition) is 0. The maximum atomic E-state index is 10.7. The lowest BCUT2D eigenvalue weighted by atomic mass is 10.0. The number of hydrogen-bond acceptors (Lipinski definition) is 2. The fourth-order valence-electron chi connectivity index (χ4n) is 4.07. The molecular weight excluding hydrogens is 334 g/mol. The number of benzene rings is 1. The molecule has 3 heterocycles. The van der Waals surface area contributed by atoms with Crippen molar-refractivity contribution in [2.24, 2.45) is 7.05 Å². The van der Waals surface area contributed by atoms with E-state index in [9.17, 15) is 4.79 Å². The molecule has 1 amide bonds. The summed E-state index contributed by atoms with van der Waals surface area (Å²) in [6.45, 7) is 13.3. The van der Waals surface area contributed by atoms with Gasteiger partial charge in [0.05, 0.1) is 0 Å². The fraction of sp³-hybridized carbons (Fsp3) is 0.609. The molecule has 150 valence electrons. The van der Waals surface area contributed by atoms with E-state index in [0.29, 0.717) is 0 Å². The maximum absolute atomic E-state index is 10.7. The third kappa shape index (κ3) is 5.13. The fourth-order valence-corrected chi connectivity index (χ4v) is 4.07. The summed E-state index contributed by atoms with van der Waals surface area (Å²) >= 11 is 0. The Kier molecular flexibility index (Phi) is 8.36. The van der Waals surface area contributed by atoms with Crippen LogP contribution in [0.5, 0.6) is 0 Å². The molecule has 0 atom stereocenters. The van der Waals surface area contributed by atoms with Gasteiger partial charge in [0.2, 0.25) is 5.91 Å². The number of likely N-dealkylation sites (tertiary alicyclic amines) is 1. The number of likely N-dealkylation sites (N-methyl/N-ethyl adjacent to an activating group) is 1. The van der Waals surface area contributed by atoms with E-state index in [4.69, 9.17) is 0 Å². The average Bonchev–Trinajstić information content (AvgIpc) is 3.02. The summed E-state index contributed by atoms with van der Waals surface area (Å²) in [5.74, 6) is 0.231. The summed E-state index contributed by atoms with van der Waals surface area (Å²) < 4.78 is 2.37. The van der Waals surface area contributed by atoms with Gasteiger partial charge in [-0.15, -0.1) is 0 Å². The number of carbonyl (C=O) groups is 1. The molecule has 0 radical (unpaired) electrons. The minimum absolute atomic E-state index is 0.231. The second kappa shape index (κ2) is 10.5. The van der Waals surface area contributed by atoms with Gasteiger partial charge in [0, 0.05) is 63.2 Å². The Labute approximate surface area is 165 Å². The van der Waals surface area contributed by atoms with Crippen LogP contribution in [0.3, 0.4) is 0 Å². The zero-order valence-electron chi connectivity index (χ0n) is 17.9. The lowest BCUT2D eigenvalue weighted by Crippen LogP contribution is -2.33. The molecule has 0 N–H and O–H groups in total. The Morgan fingerprint density at radius 2 is 1.70 bits per heavy atom. The number of aromatic nitrogens is 1. The molecule has 2 aromatic rings. The molecule has 4 nitrogen and oxygen atoms in total. The van der Waals surface area contributed by atoms with Crippen LogP contribution in [0.1, 0.15) is 58.2 Å². The Morgan fingerprint density at radius 3 is 2.30 bits per heavy atom. The van der Waals surface area contributed by atoms with E-state index in [0.717, 1.165) is 26.2 Å². The van der Waals surface area contributed by atoms with E-state index >= 15 is 0 Å². The highest BCUT2D eigenvalue weighted by Gasteiger charge is 2.21. The summed E-state index contributed by atoms with van der Waals surface area (Å²) in [5, 5.41) is 1.44. The van der Waals surface area contributed by atoms with Gasteiger partial charge < -0.3 is 9.47 Å². The van der Waals surface area contributed by atoms with Gasteiger partial charge in [0.25, 0.3) is 0 Å². The third-order valence-corrected chi connectivity index (χ3v) is 5.64. The molecule has 0 unspecified atom stereocenters. The number of piperidine rings is 1. The first kappa shape index (κ1) is 21.5. The van der Waals surface area contributed by atoms with Crippen LogP contribution in [0.15, 0.2) is 24.3 Å². The van der Waals surface area contributed by atoms with E-state index in [1.807, 2.05) is 18.7 Å². The predicted octanol–water partition coefficient (Wildman–Crippen LogP) is 4.60. The molecule has 0 aliphatic carbocycles. The lowest BCUT2D eigenvalue weighted by molar-refractivity contribution is -0.129. The van der Waals surface area contributed by atoms with Crippen molar-refractivity contribution in [1.29, 1.82) is 0 Å². The first-order valence-corrected chi connectivity index (χ1v) is 10.6. The molecule has 0 spiro atoms. The van der Waals surface area contributed by atoms with Gasteiger partial charge in [-0.3, -0.25) is 9.69 Å². The largest absolute Gasteiger partial charge is 0.347 e. The van der Waals surface area contributed by atoms with Gasteiger partial charge >= 0.3 is 0 Å². The van der Waals surface area contributed by atoms with Gasteiger partial charge in [-0.1, -0.05) is 39.0 Å². The van der Waals surface area contributed by atoms with E-state index in [1.165, 1.54) is 48.8 Å². The van der Waals surface area contributed by atoms with Gasteiger partial charge in [0.1, 0.15) is 0 Å². The highest BCUT2D eigenvalue weighted by atomic mass is 16.2. The first-order chi connectivity index (χ1) is 13.1. The molecule has 4 heteroatoms. The SMILES string of the molecule is CC.CC(=O)N1CCCCC1.CCN1CCc2c(c3ccccc3n2C)C1. The van der Waals surface area contributed by atoms with Crippen LogP contribution in [0.25, 0.3) is 10.9 Å². The van der Waals surface area contributed by atoms with Crippen molar-refractivity contribution in [2.45, 2.75) is 59.9 Å². The van der Waals surface area contributed by atoms with Crippen LogP contribution in [0.2, 0.25) is 0 Å². The van der Waals surface area contributed by atoms with Gasteiger partial charge in [-0.2, -0.15) is 0 Å².